The first kappa shape index (κ1) is 15.0. The van der Waals surface area contributed by atoms with Crippen LogP contribution in [0.4, 0.5) is 0 Å². The van der Waals surface area contributed by atoms with Gasteiger partial charge in [0.05, 0.1) is 6.10 Å². The molecular formula is C17H21N3O2S. The van der Waals surface area contributed by atoms with E-state index in [4.69, 9.17) is 9.47 Å². The molecular weight excluding hydrogens is 310 g/mol. The standard InChI is InChI=1S/C17H21N3O2S/c1-2-16(21-9-1)10-22-15-7-3-13(4-8-15)11-23-17-19-18-12-20(17)14-5-6-14/h3-4,7-8,12,14,16H,1-2,5-6,9-11H2/t16-/m1/s1. The van der Waals surface area contributed by atoms with Crippen LogP contribution in [-0.4, -0.2) is 34.1 Å². The molecule has 0 amide bonds. The Morgan fingerprint density at radius 1 is 1.22 bits per heavy atom. The smallest absolute Gasteiger partial charge is 0.191 e. The van der Waals surface area contributed by atoms with Crippen LogP contribution in [0.5, 0.6) is 5.75 Å². The molecule has 122 valence electrons. The van der Waals surface area contributed by atoms with Gasteiger partial charge in [-0.3, -0.25) is 0 Å². The molecule has 1 aromatic carbocycles. The predicted octanol–water partition coefficient (Wildman–Crippen LogP) is 3.46. The second kappa shape index (κ2) is 6.93. The van der Waals surface area contributed by atoms with E-state index in [-0.39, 0.29) is 6.10 Å². The van der Waals surface area contributed by atoms with Crippen LogP contribution in [0.2, 0.25) is 0 Å². The van der Waals surface area contributed by atoms with Crippen molar-refractivity contribution in [2.75, 3.05) is 13.2 Å². The third-order valence-corrected chi connectivity index (χ3v) is 5.26. The highest BCUT2D eigenvalue weighted by Gasteiger charge is 2.26. The van der Waals surface area contributed by atoms with Crippen LogP contribution in [0, 0.1) is 0 Å². The van der Waals surface area contributed by atoms with Crippen molar-refractivity contribution in [1.29, 1.82) is 0 Å². The van der Waals surface area contributed by atoms with E-state index < -0.39 is 0 Å². The van der Waals surface area contributed by atoms with E-state index in [0.29, 0.717) is 12.6 Å². The van der Waals surface area contributed by atoms with Gasteiger partial charge >= 0.3 is 0 Å². The van der Waals surface area contributed by atoms with Crippen molar-refractivity contribution in [3.8, 4) is 5.75 Å². The molecule has 1 aliphatic carbocycles. The fourth-order valence-electron chi connectivity index (χ4n) is 2.73. The van der Waals surface area contributed by atoms with E-state index in [2.05, 4.69) is 26.9 Å². The third-order valence-electron chi connectivity index (χ3n) is 4.23. The Balaban J connectivity index is 1.28. The van der Waals surface area contributed by atoms with E-state index in [1.165, 1.54) is 18.4 Å². The lowest BCUT2D eigenvalue weighted by Gasteiger charge is -2.11. The lowest BCUT2D eigenvalue weighted by atomic mass is 10.2. The Labute approximate surface area is 140 Å². The fourth-order valence-corrected chi connectivity index (χ4v) is 3.67. The first-order valence-electron chi connectivity index (χ1n) is 8.24. The van der Waals surface area contributed by atoms with Crippen molar-refractivity contribution < 1.29 is 9.47 Å². The van der Waals surface area contributed by atoms with Gasteiger partial charge in [-0.15, -0.1) is 10.2 Å². The average molecular weight is 331 g/mol. The van der Waals surface area contributed by atoms with Crippen LogP contribution in [0.3, 0.4) is 0 Å². The summed E-state index contributed by atoms with van der Waals surface area (Å²) in [5.41, 5.74) is 1.27. The second-order valence-electron chi connectivity index (χ2n) is 6.13. The molecule has 4 rings (SSSR count). The number of thioether (sulfide) groups is 1. The molecule has 5 nitrogen and oxygen atoms in total. The summed E-state index contributed by atoms with van der Waals surface area (Å²) in [5.74, 6) is 1.81. The number of rotatable bonds is 7. The lowest BCUT2D eigenvalue weighted by Crippen LogP contribution is -2.16. The summed E-state index contributed by atoms with van der Waals surface area (Å²) in [4.78, 5) is 0. The van der Waals surface area contributed by atoms with Crippen molar-refractivity contribution in [3.05, 3.63) is 36.2 Å². The number of hydrogen-bond acceptors (Lipinski definition) is 5. The van der Waals surface area contributed by atoms with Gasteiger partial charge in [0.15, 0.2) is 5.16 Å². The number of benzene rings is 1. The minimum absolute atomic E-state index is 0.263. The van der Waals surface area contributed by atoms with Gasteiger partial charge in [0.1, 0.15) is 18.7 Å². The third kappa shape index (κ3) is 3.87. The number of nitrogens with zero attached hydrogens (tertiary/aromatic N) is 3. The van der Waals surface area contributed by atoms with Gasteiger partial charge in [0.2, 0.25) is 0 Å². The molecule has 0 unspecified atom stereocenters. The van der Waals surface area contributed by atoms with Crippen LogP contribution < -0.4 is 4.74 Å². The predicted molar refractivity (Wildman–Crippen MR) is 88.8 cm³/mol. The van der Waals surface area contributed by atoms with Crippen molar-refractivity contribution in [2.24, 2.45) is 0 Å². The van der Waals surface area contributed by atoms with Crippen LogP contribution in [0.15, 0.2) is 35.7 Å². The van der Waals surface area contributed by atoms with Gasteiger partial charge in [-0.05, 0) is 43.4 Å². The van der Waals surface area contributed by atoms with Gasteiger partial charge in [-0.1, -0.05) is 23.9 Å². The van der Waals surface area contributed by atoms with Crippen molar-refractivity contribution >= 4 is 11.8 Å². The molecule has 2 aromatic rings. The molecule has 0 N–H and O–H groups in total. The van der Waals surface area contributed by atoms with Gasteiger partial charge < -0.3 is 14.0 Å². The topological polar surface area (TPSA) is 49.2 Å². The maximum atomic E-state index is 5.80. The molecule has 1 atom stereocenters. The van der Waals surface area contributed by atoms with Crippen LogP contribution in [0.25, 0.3) is 0 Å². The molecule has 2 fully saturated rings. The zero-order chi connectivity index (χ0) is 15.5. The highest BCUT2D eigenvalue weighted by atomic mass is 32.2. The summed E-state index contributed by atoms with van der Waals surface area (Å²) >= 11 is 1.74. The van der Waals surface area contributed by atoms with Crippen molar-refractivity contribution in [3.63, 3.8) is 0 Å². The van der Waals surface area contributed by atoms with Gasteiger partial charge in [0, 0.05) is 18.4 Å². The minimum atomic E-state index is 0.263. The monoisotopic (exact) mass is 331 g/mol. The Hall–Kier alpha value is -1.53. The Morgan fingerprint density at radius 2 is 2.09 bits per heavy atom. The summed E-state index contributed by atoms with van der Waals surface area (Å²) in [6, 6.07) is 8.94. The summed E-state index contributed by atoms with van der Waals surface area (Å²) in [6.07, 6.45) is 6.87. The number of aromatic nitrogens is 3. The quantitative estimate of drug-likeness (QED) is 0.727. The maximum Gasteiger partial charge on any atom is 0.191 e. The average Bonchev–Trinajstić information content (AvgIpc) is 3.11. The molecule has 6 heteroatoms. The largest absolute Gasteiger partial charge is 0.491 e. The molecule has 23 heavy (non-hydrogen) atoms. The molecule has 1 saturated carbocycles. The molecule has 0 spiro atoms. The van der Waals surface area contributed by atoms with Crippen LogP contribution >= 0.6 is 11.8 Å². The minimum Gasteiger partial charge on any atom is -0.491 e. The lowest BCUT2D eigenvalue weighted by molar-refractivity contribution is 0.0679. The summed E-state index contributed by atoms with van der Waals surface area (Å²) in [5, 5.41) is 9.27. The first-order chi connectivity index (χ1) is 11.4. The summed E-state index contributed by atoms with van der Waals surface area (Å²) in [7, 11) is 0. The zero-order valence-electron chi connectivity index (χ0n) is 13.1. The SMILES string of the molecule is c1cc(OC[C@H]2CCCO2)ccc1CSc1nncn1C1CC1. The molecule has 0 radical (unpaired) electrons. The first-order valence-corrected chi connectivity index (χ1v) is 9.23. The van der Waals surface area contributed by atoms with E-state index in [9.17, 15) is 0 Å². The molecule has 1 aliphatic heterocycles. The van der Waals surface area contributed by atoms with E-state index in [0.717, 1.165) is 36.1 Å². The zero-order valence-corrected chi connectivity index (χ0v) is 13.9. The number of hydrogen-bond donors (Lipinski definition) is 0. The Kier molecular flexibility index (Phi) is 4.52. The summed E-state index contributed by atoms with van der Waals surface area (Å²) < 4.78 is 13.6. The molecule has 0 bridgehead atoms. The van der Waals surface area contributed by atoms with E-state index in [1.807, 2.05) is 18.5 Å². The molecule has 2 aliphatic rings. The highest BCUT2D eigenvalue weighted by Crippen LogP contribution is 2.37. The van der Waals surface area contributed by atoms with Crippen LogP contribution in [-0.2, 0) is 10.5 Å². The van der Waals surface area contributed by atoms with E-state index >= 15 is 0 Å². The Bertz CT molecular complexity index is 634. The van der Waals surface area contributed by atoms with Crippen LogP contribution in [0.1, 0.15) is 37.3 Å². The molecule has 2 heterocycles. The highest BCUT2D eigenvalue weighted by molar-refractivity contribution is 7.98. The van der Waals surface area contributed by atoms with Crippen molar-refractivity contribution in [1.82, 2.24) is 14.8 Å². The van der Waals surface area contributed by atoms with Gasteiger partial charge in [-0.25, -0.2) is 0 Å². The second-order valence-corrected chi connectivity index (χ2v) is 7.07. The molecule has 1 aromatic heterocycles. The normalized spacial score (nSPS) is 20.8. The summed E-state index contributed by atoms with van der Waals surface area (Å²) in [6.45, 7) is 1.52. The fraction of sp³-hybridized carbons (Fsp3) is 0.529. The number of ether oxygens (including phenoxy) is 2. The van der Waals surface area contributed by atoms with Crippen molar-refractivity contribution in [2.45, 2.75) is 48.7 Å². The van der Waals surface area contributed by atoms with Gasteiger partial charge in [0.25, 0.3) is 0 Å². The molecule has 1 saturated heterocycles. The van der Waals surface area contributed by atoms with Gasteiger partial charge in [-0.2, -0.15) is 0 Å². The maximum absolute atomic E-state index is 5.80. The van der Waals surface area contributed by atoms with E-state index in [1.54, 1.807) is 11.8 Å². The Morgan fingerprint density at radius 3 is 2.83 bits per heavy atom.